The minimum atomic E-state index is 0.522. The maximum Gasteiger partial charge on any atom is 0.175 e. The van der Waals surface area contributed by atoms with Crippen molar-refractivity contribution in [2.24, 2.45) is 4.99 Å². The maximum absolute atomic E-state index is 5.39. The normalized spacial score (nSPS) is 10.7. The Bertz CT molecular complexity index is 893. The van der Waals surface area contributed by atoms with Gasteiger partial charge in [0.05, 0.1) is 33.2 Å². The second-order valence-electron chi connectivity index (χ2n) is 5.21. The van der Waals surface area contributed by atoms with Crippen LogP contribution in [0, 0.1) is 0 Å². The minimum absolute atomic E-state index is 0.522. The number of aliphatic imine (C=N–C) groups is 1. The average Bonchev–Trinajstić information content (AvgIpc) is 3.13. The molecule has 2 heterocycles. The number of aromatic amines is 1. The molecule has 0 saturated heterocycles. The zero-order valence-electron chi connectivity index (χ0n) is 14.7. The van der Waals surface area contributed by atoms with Crippen molar-refractivity contribution in [1.29, 1.82) is 0 Å². The van der Waals surface area contributed by atoms with Crippen LogP contribution in [-0.4, -0.2) is 42.7 Å². The lowest BCUT2D eigenvalue weighted by Gasteiger charge is -2.11. The number of H-pyrrole nitrogens is 1. The molecule has 8 heteroatoms. The highest BCUT2D eigenvalue weighted by Gasteiger charge is 2.10. The summed E-state index contributed by atoms with van der Waals surface area (Å²) in [5.41, 5.74) is 1.60. The smallest absolute Gasteiger partial charge is 0.175 e. The van der Waals surface area contributed by atoms with E-state index in [4.69, 9.17) is 14.2 Å². The zero-order valence-corrected chi connectivity index (χ0v) is 14.7. The van der Waals surface area contributed by atoms with Crippen LogP contribution in [0.1, 0.15) is 5.56 Å². The SMILES string of the molecule is COc1cc(OC)c(OC)cc1C=Nc1cc(Nc2cccnc2)[nH]n1. The third kappa shape index (κ3) is 3.92. The van der Waals surface area contributed by atoms with E-state index in [0.717, 1.165) is 11.3 Å². The fourth-order valence-electron chi connectivity index (χ4n) is 2.32. The molecule has 134 valence electrons. The van der Waals surface area contributed by atoms with E-state index in [1.54, 1.807) is 58.1 Å². The number of anilines is 2. The van der Waals surface area contributed by atoms with E-state index in [1.807, 2.05) is 12.1 Å². The summed E-state index contributed by atoms with van der Waals surface area (Å²) in [5.74, 6) is 3.04. The molecule has 3 rings (SSSR count). The molecule has 0 saturated carbocycles. The van der Waals surface area contributed by atoms with Crippen LogP contribution in [0.25, 0.3) is 0 Å². The van der Waals surface area contributed by atoms with Gasteiger partial charge in [0, 0.05) is 30.1 Å². The van der Waals surface area contributed by atoms with Crippen LogP contribution < -0.4 is 19.5 Å². The second-order valence-corrected chi connectivity index (χ2v) is 5.21. The van der Waals surface area contributed by atoms with Crippen molar-refractivity contribution in [1.82, 2.24) is 15.2 Å². The lowest BCUT2D eigenvalue weighted by Crippen LogP contribution is -1.96. The van der Waals surface area contributed by atoms with Gasteiger partial charge in [-0.1, -0.05) is 0 Å². The Balaban J connectivity index is 1.80. The van der Waals surface area contributed by atoms with Crippen molar-refractivity contribution in [3.63, 3.8) is 0 Å². The molecule has 0 aliphatic carbocycles. The summed E-state index contributed by atoms with van der Waals surface area (Å²) < 4.78 is 16.0. The molecule has 2 N–H and O–H groups in total. The molecule has 26 heavy (non-hydrogen) atoms. The topological polar surface area (TPSA) is 93.6 Å². The predicted molar refractivity (Wildman–Crippen MR) is 99.5 cm³/mol. The Labute approximate surface area is 150 Å². The first-order valence-corrected chi connectivity index (χ1v) is 7.80. The number of methoxy groups -OCH3 is 3. The van der Waals surface area contributed by atoms with Gasteiger partial charge < -0.3 is 19.5 Å². The number of hydrogen-bond donors (Lipinski definition) is 2. The van der Waals surface area contributed by atoms with Gasteiger partial charge in [-0.3, -0.25) is 10.1 Å². The highest BCUT2D eigenvalue weighted by molar-refractivity contribution is 5.86. The maximum atomic E-state index is 5.39. The van der Waals surface area contributed by atoms with Gasteiger partial charge in [-0.2, -0.15) is 5.10 Å². The fraction of sp³-hybridized carbons (Fsp3) is 0.167. The quantitative estimate of drug-likeness (QED) is 0.633. The number of rotatable bonds is 7. The molecule has 0 aliphatic heterocycles. The van der Waals surface area contributed by atoms with E-state index in [9.17, 15) is 0 Å². The number of hydrogen-bond acceptors (Lipinski definition) is 7. The molecule has 2 aromatic heterocycles. The number of nitrogens with zero attached hydrogens (tertiary/aromatic N) is 3. The van der Waals surface area contributed by atoms with Crippen LogP contribution in [-0.2, 0) is 0 Å². The van der Waals surface area contributed by atoms with Crippen LogP contribution in [0.5, 0.6) is 17.2 Å². The number of benzene rings is 1. The predicted octanol–water partition coefficient (Wildman–Crippen LogP) is 3.32. The van der Waals surface area contributed by atoms with Gasteiger partial charge in [0.15, 0.2) is 17.3 Å². The van der Waals surface area contributed by atoms with Crippen molar-refractivity contribution >= 4 is 23.5 Å². The Kier molecular flexibility index (Phi) is 5.33. The van der Waals surface area contributed by atoms with Gasteiger partial charge in [0.1, 0.15) is 11.6 Å². The summed E-state index contributed by atoms with van der Waals surface area (Å²) in [6.45, 7) is 0. The van der Waals surface area contributed by atoms with Gasteiger partial charge in [0.25, 0.3) is 0 Å². The van der Waals surface area contributed by atoms with Crippen LogP contribution >= 0.6 is 0 Å². The first-order chi connectivity index (χ1) is 12.7. The van der Waals surface area contributed by atoms with Crippen molar-refractivity contribution in [3.05, 3.63) is 48.3 Å². The summed E-state index contributed by atoms with van der Waals surface area (Å²) in [5, 5.41) is 10.2. The van der Waals surface area contributed by atoms with Crippen molar-refractivity contribution in [2.45, 2.75) is 0 Å². The molecule has 0 amide bonds. The Morgan fingerprint density at radius 2 is 1.81 bits per heavy atom. The highest BCUT2D eigenvalue weighted by atomic mass is 16.5. The molecular weight excluding hydrogens is 334 g/mol. The standard InChI is InChI=1S/C18H19N5O3/c1-24-14-8-16(26-3)15(25-2)7-12(14)10-20-17-9-18(23-22-17)21-13-5-4-6-19-11-13/h4-11H,1-3H3,(H2,21,22,23). The number of pyridine rings is 1. The van der Waals surface area contributed by atoms with Crippen molar-refractivity contribution in [3.8, 4) is 17.2 Å². The number of aromatic nitrogens is 3. The van der Waals surface area contributed by atoms with Crippen LogP contribution in [0.2, 0.25) is 0 Å². The van der Waals surface area contributed by atoms with Crippen molar-refractivity contribution < 1.29 is 14.2 Å². The summed E-state index contributed by atoms with van der Waals surface area (Å²) >= 11 is 0. The summed E-state index contributed by atoms with van der Waals surface area (Å²) in [4.78, 5) is 8.43. The fourth-order valence-corrected chi connectivity index (χ4v) is 2.32. The van der Waals surface area contributed by atoms with E-state index < -0.39 is 0 Å². The Hall–Kier alpha value is -3.55. The molecular formula is C18H19N5O3. The van der Waals surface area contributed by atoms with Crippen LogP contribution in [0.15, 0.2) is 47.7 Å². The first kappa shape index (κ1) is 17.3. The van der Waals surface area contributed by atoms with E-state index in [-0.39, 0.29) is 0 Å². The third-order valence-corrected chi connectivity index (χ3v) is 3.58. The number of nitrogens with one attached hydrogen (secondary N) is 2. The van der Waals surface area contributed by atoms with Gasteiger partial charge in [-0.15, -0.1) is 0 Å². The largest absolute Gasteiger partial charge is 0.496 e. The molecule has 0 atom stereocenters. The zero-order chi connectivity index (χ0) is 18.4. The lowest BCUT2D eigenvalue weighted by atomic mass is 10.2. The lowest BCUT2D eigenvalue weighted by molar-refractivity contribution is 0.349. The van der Waals surface area contributed by atoms with E-state index >= 15 is 0 Å². The average molecular weight is 353 g/mol. The second kappa shape index (κ2) is 8.02. The molecule has 0 radical (unpaired) electrons. The van der Waals surface area contributed by atoms with Gasteiger partial charge in [0.2, 0.25) is 0 Å². The Morgan fingerprint density at radius 1 is 1.04 bits per heavy atom. The molecule has 0 aliphatic rings. The molecule has 0 spiro atoms. The number of ether oxygens (including phenoxy) is 3. The Morgan fingerprint density at radius 3 is 2.50 bits per heavy atom. The van der Waals surface area contributed by atoms with Crippen LogP contribution in [0.4, 0.5) is 17.3 Å². The van der Waals surface area contributed by atoms with Gasteiger partial charge >= 0.3 is 0 Å². The van der Waals surface area contributed by atoms with Gasteiger partial charge in [-0.05, 0) is 18.2 Å². The molecule has 1 aromatic carbocycles. The van der Waals surface area contributed by atoms with E-state index in [1.165, 1.54) is 0 Å². The molecule has 3 aromatic rings. The van der Waals surface area contributed by atoms with E-state index in [0.29, 0.717) is 28.9 Å². The molecule has 0 unspecified atom stereocenters. The third-order valence-electron chi connectivity index (χ3n) is 3.58. The summed E-state index contributed by atoms with van der Waals surface area (Å²) in [6.07, 6.45) is 5.09. The summed E-state index contributed by atoms with van der Waals surface area (Å²) in [7, 11) is 4.74. The summed E-state index contributed by atoms with van der Waals surface area (Å²) in [6, 6.07) is 9.09. The van der Waals surface area contributed by atoms with Gasteiger partial charge in [-0.25, -0.2) is 4.99 Å². The van der Waals surface area contributed by atoms with Crippen molar-refractivity contribution in [2.75, 3.05) is 26.6 Å². The highest BCUT2D eigenvalue weighted by Crippen LogP contribution is 2.34. The molecule has 0 bridgehead atoms. The van der Waals surface area contributed by atoms with Crippen LogP contribution in [0.3, 0.4) is 0 Å². The minimum Gasteiger partial charge on any atom is -0.496 e. The molecule has 0 fully saturated rings. The first-order valence-electron chi connectivity index (χ1n) is 7.80. The monoisotopic (exact) mass is 353 g/mol. The van der Waals surface area contributed by atoms with E-state index in [2.05, 4.69) is 25.5 Å². The molecule has 8 nitrogen and oxygen atoms in total.